The minimum absolute atomic E-state index is 0.505. The Kier molecular flexibility index (Phi) is 2.41. The van der Waals surface area contributed by atoms with Crippen molar-refractivity contribution in [1.29, 1.82) is 0 Å². The molecule has 0 amide bonds. The van der Waals surface area contributed by atoms with Crippen molar-refractivity contribution in [2.45, 2.75) is 13.5 Å². The lowest BCUT2D eigenvalue weighted by Crippen LogP contribution is -1.88. The van der Waals surface area contributed by atoms with E-state index in [2.05, 4.69) is 0 Å². The molecule has 1 aromatic carbocycles. The molecule has 0 saturated heterocycles. The second kappa shape index (κ2) is 3.72. The van der Waals surface area contributed by atoms with Crippen LogP contribution in [0.1, 0.15) is 12.7 Å². The van der Waals surface area contributed by atoms with E-state index in [1.165, 1.54) is 0 Å². The Hall–Kier alpha value is -1.48. The Bertz CT molecular complexity index is 434. The van der Waals surface area contributed by atoms with E-state index in [4.69, 9.17) is 14.9 Å². The van der Waals surface area contributed by atoms with Crippen molar-refractivity contribution in [2.24, 2.45) is 0 Å². The van der Waals surface area contributed by atoms with Gasteiger partial charge in [-0.2, -0.15) is 0 Å². The van der Waals surface area contributed by atoms with Crippen LogP contribution in [0.5, 0.6) is 0 Å². The standard InChI is InChI=1S/C11H13NO2/c1-2-13-7-8-6-9-10(12)4-3-5-11(9)14-8/h3-6H,2,7,12H2,1H3. The van der Waals surface area contributed by atoms with Gasteiger partial charge >= 0.3 is 0 Å². The summed E-state index contributed by atoms with van der Waals surface area (Å²) in [5.74, 6) is 0.819. The van der Waals surface area contributed by atoms with Crippen molar-refractivity contribution >= 4 is 16.7 Å². The van der Waals surface area contributed by atoms with Crippen LogP contribution in [0.25, 0.3) is 11.0 Å². The lowest BCUT2D eigenvalue weighted by molar-refractivity contribution is 0.119. The quantitative estimate of drug-likeness (QED) is 0.758. The highest BCUT2D eigenvalue weighted by Crippen LogP contribution is 2.24. The Morgan fingerprint density at radius 3 is 3.00 bits per heavy atom. The first-order valence-corrected chi connectivity index (χ1v) is 4.66. The second-order valence-electron chi connectivity index (χ2n) is 3.11. The minimum Gasteiger partial charge on any atom is -0.459 e. The number of hydrogen-bond donors (Lipinski definition) is 1. The highest BCUT2D eigenvalue weighted by atomic mass is 16.5. The van der Waals surface area contributed by atoms with E-state index in [1.54, 1.807) is 0 Å². The van der Waals surface area contributed by atoms with Crippen LogP contribution >= 0.6 is 0 Å². The van der Waals surface area contributed by atoms with Gasteiger partial charge in [0, 0.05) is 17.7 Å². The summed E-state index contributed by atoms with van der Waals surface area (Å²) in [7, 11) is 0. The molecule has 3 heteroatoms. The number of fused-ring (bicyclic) bond motifs is 1. The number of nitrogens with two attached hydrogens (primary N) is 1. The first kappa shape index (κ1) is 9.09. The SMILES string of the molecule is CCOCc1cc2c(N)cccc2o1. The average molecular weight is 191 g/mol. The normalized spacial score (nSPS) is 10.9. The number of nitrogen functional groups attached to an aromatic ring is 1. The third-order valence-corrected chi connectivity index (χ3v) is 2.09. The van der Waals surface area contributed by atoms with Gasteiger partial charge in [-0.1, -0.05) is 6.07 Å². The van der Waals surface area contributed by atoms with E-state index >= 15 is 0 Å². The van der Waals surface area contributed by atoms with E-state index in [0.717, 1.165) is 22.4 Å². The predicted octanol–water partition coefficient (Wildman–Crippen LogP) is 2.55. The van der Waals surface area contributed by atoms with Crippen molar-refractivity contribution in [3.63, 3.8) is 0 Å². The van der Waals surface area contributed by atoms with Crippen molar-refractivity contribution in [3.8, 4) is 0 Å². The van der Waals surface area contributed by atoms with Gasteiger partial charge in [0.15, 0.2) is 0 Å². The van der Waals surface area contributed by atoms with E-state index in [1.807, 2.05) is 31.2 Å². The average Bonchev–Trinajstić information content (AvgIpc) is 2.59. The molecule has 74 valence electrons. The molecule has 0 spiro atoms. The van der Waals surface area contributed by atoms with Gasteiger partial charge in [0.2, 0.25) is 0 Å². The van der Waals surface area contributed by atoms with Crippen LogP contribution in [0.3, 0.4) is 0 Å². The van der Waals surface area contributed by atoms with Crippen molar-refractivity contribution in [1.82, 2.24) is 0 Å². The van der Waals surface area contributed by atoms with Gasteiger partial charge < -0.3 is 14.9 Å². The minimum atomic E-state index is 0.505. The van der Waals surface area contributed by atoms with E-state index in [0.29, 0.717) is 13.2 Å². The molecule has 14 heavy (non-hydrogen) atoms. The van der Waals surface area contributed by atoms with Crippen LogP contribution in [-0.2, 0) is 11.3 Å². The van der Waals surface area contributed by atoms with Crippen molar-refractivity contribution < 1.29 is 9.15 Å². The summed E-state index contributed by atoms with van der Waals surface area (Å²) in [4.78, 5) is 0. The van der Waals surface area contributed by atoms with Gasteiger partial charge in [0.1, 0.15) is 18.0 Å². The summed E-state index contributed by atoms with van der Waals surface area (Å²) in [6.07, 6.45) is 0. The van der Waals surface area contributed by atoms with Gasteiger partial charge in [-0.05, 0) is 25.1 Å². The number of rotatable bonds is 3. The first-order valence-electron chi connectivity index (χ1n) is 4.66. The van der Waals surface area contributed by atoms with Crippen LogP contribution < -0.4 is 5.73 Å². The lowest BCUT2D eigenvalue weighted by Gasteiger charge is -1.94. The maximum Gasteiger partial charge on any atom is 0.136 e. The Balaban J connectivity index is 2.36. The summed E-state index contributed by atoms with van der Waals surface area (Å²) in [5, 5.41) is 0.960. The number of benzene rings is 1. The molecule has 0 aliphatic carbocycles. The first-order chi connectivity index (χ1) is 6.81. The van der Waals surface area contributed by atoms with Gasteiger partial charge in [-0.15, -0.1) is 0 Å². The molecular formula is C11H13NO2. The zero-order valence-corrected chi connectivity index (χ0v) is 8.12. The number of furan rings is 1. The molecule has 0 saturated carbocycles. The van der Waals surface area contributed by atoms with Crippen LogP contribution in [0.2, 0.25) is 0 Å². The molecule has 0 bridgehead atoms. The monoisotopic (exact) mass is 191 g/mol. The zero-order valence-electron chi connectivity index (χ0n) is 8.12. The second-order valence-corrected chi connectivity index (χ2v) is 3.11. The molecular weight excluding hydrogens is 178 g/mol. The topological polar surface area (TPSA) is 48.4 Å². The van der Waals surface area contributed by atoms with E-state index in [9.17, 15) is 0 Å². The highest BCUT2D eigenvalue weighted by Gasteiger charge is 2.05. The molecule has 0 fully saturated rings. The van der Waals surface area contributed by atoms with Crippen LogP contribution in [0.15, 0.2) is 28.7 Å². The molecule has 2 N–H and O–H groups in total. The maximum absolute atomic E-state index is 5.80. The molecule has 0 radical (unpaired) electrons. The van der Waals surface area contributed by atoms with Crippen molar-refractivity contribution in [2.75, 3.05) is 12.3 Å². The molecule has 0 aliphatic heterocycles. The summed E-state index contributed by atoms with van der Waals surface area (Å²) in [5.41, 5.74) is 7.36. The largest absolute Gasteiger partial charge is 0.459 e. The van der Waals surface area contributed by atoms with Gasteiger partial charge in [-0.25, -0.2) is 0 Å². The number of ether oxygens (including phenoxy) is 1. The van der Waals surface area contributed by atoms with Crippen LogP contribution in [0.4, 0.5) is 5.69 Å². The zero-order chi connectivity index (χ0) is 9.97. The fourth-order valence-electron chi connectivity index (χ4n) is 1.41. The maximum atomic E-state index is 5.80. The van der Waals surface area contributed by atoms with Crippen LogP contribution in [-0.4, -0.2) is 6.61 Å². The third-order valence-electron chi connectivity index (χ3n) is 2.09. The van der Waals surface area contributed by atoms with Gasteiger partial charge in [-0.3, -0.25) is 0 Å². The summed E-state index contributed by atoms with van der Waals surface area (Å²) < 4.78 is 10.8. The molecule has 3 nitrogen and oxygen atoms in total. The van der Waals surface area contributed by atoms with E-state index < -0.39 is 0 Å². The smallest absolute Gasteiger partial charge is 0.136 e. The molecule has 0 aliphatic rings. The Morgan fingerprint density at radius 2 is 2.29 bits per heavy atom. The van der Waals surface area contributed by atoms with Crippen LogP contribution in [0, 0.1) is 0 Å². The Labute approximate surface area is 82.5 Å². The summed E-state index contributed by atoms with van der Waals surface area (Å²) >= 11 is 0. The third kappa shape index (κ3) is 1.59. The molecule has 0 unspecified atom stereocenters. The van der Waals surface area contributed by atoms with E-state index in [-0.39, 0.29) is 0 Å². The van der Waals surface area contributed by atoms with Crippen molar-refractivity contribution in [3.05, 3.63) is 30.0 Å². The molecule has 2 aromatic rings. The molecule has 2 rings (SSSR count). The number of hydrogen-bond acceptors (Lipinski definition) is 3. The fraction of sp³-hybridized carbons (Fsp3) is 0.273. The highest BCUT2D eigenvalue weighted by molar-refractivity contribution is 5.89. The fourth-order valence-corrected chi connectivity index (χ4v) is 1.41. The molecule has 0 atom stereocenters. The molecule has 1 heterocycles. The predicted molar refractivity (Wildman–Crippen MR) is 56.0 cm³/mol. The Morgan fingerprint density at radius 1 is 1.43 bits per heavy atom. The van der Waals surface area contributed by atoms with Gasteiger partial charge in [0.25, 0.3) is 0 Å². The molecule has 1 aromatic heterocycles. The number of anilines is 1. The summed E-state index contributed by atoms with van der Waals surface area (Å²) in [6, 6.07) is 7.58. The lowest BCUT2D eigenvalue weighted by atomic mass is 10.2. The summed E-state index contributed by atoms with van der Waals surface area (Å²) in [6.45, 7) is 3.15. The van der Waals surface area contributed by atoms with Gasteiger partial charge in [0.05, 0.1) is 0 Å².